The summed E-state index contributed by atoms with van der Waals surface area (Å²) in [6, 6.07) is 12.9. The maximum absolute atomic E-state index is 12.5. The average molecular weight is 531 g/mol. The number of aryl methyl sites for hydroxylation is 2. The minimum absolute atomic E-state index is 0.151. The third-order valence-corrected chi connectivity index (χ3v) is 5.03. The first-order valence-corrected chi connectivity index (χ1v) is 12.1. The third-order valence-electron chi connectivity index (χ3n) is 5.03. The Balaban J connectivity index is 0.000000695. The van der Waals surface area contributed by atoms with E-state index in [0.29, 0.717) is 22.9 Å². The second kappa shape index (κ2) is 11.7. The number of anilines is 1. The smallest absolute Gasteiger partial charge is 0.394 e. The Hall–Kier alpha value is -4.20. The van der Waals surface area contributed by atoms with Gasteiger partial charge < -0.3 is 19.5 Å². The summed E-state index contributed by atoms with van der Waals surface area (Å²) < 4.78 is 50.1. The molecule has 0 saturated carbocycles. The SMILES string of the molecule is COc1ccc2c(Oc3ccc(CC(=O)Nc4cn(C)nc4C)c(OC)c3)ccnc2c1.O=S(=O)(O)O. The molecule has 4 aromatic rings. The zero-order chi connectivity index (χ0) is 27.2. The van der Waals surface area contributed by atoms with Gasteiger partial charge in [0.2, 0.25) is 5.91 Å². The zero-order valence-electron chi connectivity index (χ0n) is 20.5. The normalized spacial score (nSPS) is 10.9. The number of carbonyl (C=O) groups excluding carboxylic acids is 1. The molecular formula is C24H26N4O8S. The van der Waals surface area contributed by atoms with Crippen LogP contribution in [0.25, 0.3) is 10.9 Å². The van der Waals surface area contributed by atoms with Crippen molar-refractivity contribution in [3.8, 4) is 23.0 Å². The molecule has 0 radical (unpaired) electrons. The fraction of sp³-hybridized carbons (Fsp3) is 0.208. The highest BCUT2D eigenvalue weighted by molar-refractivity contribution is 7.79. The van der Waals surface area contributed by atoms with Crippen LogP contribution >= 0.6 is 0 Å². The number of aromatic nitrogens is 3. The number of nitrogens with zero attached hydrogens (tertiary/aromatic N) is 3. The van der Waals surface area contributed by atoms with Gasteiger partial charge in [0, 0.05) is 42.5 Å². The Morgan fingerprint density at radius 3 is 2.35 bits per heavy atom. The third kappa shape index (κ3) is 7.90. The molecule has 1 amide bonds. The molecule has 4 rings (SSSR count). The number of pyridine rings is 1. The van der Waals surface area contributed by atoms with Crippen molar-refractivity contribution in [3.05, 3.63) is 66.1 Å². The number of nitrogens with one attached hydrogen (secondary N) is 1. The molecule has 196 valence electrons. The van der Waals surface area contributed by atoms with Crippen LogP contribution in [0.1, 0.15) is 11.3 Å². The lowest BCUT2D eigenvalue weighted by molar-refractivity contribution is -0.115. The molecule has 2 heterocycles. The van der Waals surface area contributed by atoms with Gasteiger partial charge in [-0.25, -0.2) is 0 Å². The predicted molar refractivity (Wildman–Crippen MR) is 136 cm³/mol. The van der Waals surface area contributed by atoms with Crippen LogP contribution in [-0.4, -0.2) is 52.4 Å². The van der Waals surface area contributed by atoms with Crippen molar-refractivity contribution in [1.82, 2.24) is 14.8 Å². The van der Waals surface area contributed by atoms with Gasteiger partial charge in [-0.1, -0.05) is 6.07 Å². The molecule has 0 spiro atoms. The van der Waals surface area contributed by atoms with E-state index in [4.69, 9.17) is 31.7 Å². The average Bonchev–Trinajstić information content (AvgIpc) is 3.14. The zero-order valence-corrected chi connectivity index (χ0v) is 21.3. The van der Waals surface area contributed by atoms with Crippen molar-refractivity contribution < 1.29 is 36.5 Å². The molecule has 2 aromatic carbocycles. The van der Waals surface area contributed by atoms with E-state index in [9.17, 15) is 4.79 Å². The number of rotatable bonds is 7. The standard InChI is InChI=1S/C24H24N4O4.H2O4S/c1-15-21(14-28(2)27-15)26-24(29)11-16-5-6-18(13-23(16)31-4)32-22-9-10-25-20-12-17(30-3)7-8-19(20)22;1-5(2,3)4/h5-10,12-14H,11H2,1-4H3,(H,26,29);(H2,1,2,3,4). The van der Waals surface area contributed by atoms with E-state index >= 15 is 0 Å². The number of hydrogen-bond donors (Lipinski definition) is 3. The molecule has 0 aliphatic carbocycles. The van der Waals surface area contributed by atoms with Crippen molar-refractivity contribution in [1.29, 1.82) is 0 Å². The second-order valence-corrected chi connectivity index (χ2v) is 8.64. The quantitative estimate of drug-likeness (QED) is 0.301. The Morgan fingerprint density at radius 1 is 1.03 bits per heavy atom. The fourth-order valence-electron chi connectivity index (χ4n) is 3.47. The van der Waals surface area contributed by atoms with Crippen molar-refractivity contribution in [2.45, 2.75) is 13.3 Å². The van der Waals surface area contributed by atoms with E-state index < -0.39 is 10.4 Å². The summed E-state index contributed by atoms with van der Waals surface area (Å²) in [7, 11) is 0.334. The van der Waals surface area contributed by atoms with E-state index in [2.05, 4.69) is 15.4 Å². The van der Waals surface area contributed by atoms with Crippen LogP contribution in [0.5, 0.6) is 23.0 Å². The summed E-state index contributed by atoms with van der Waals surface area (Å²) in [5.41, 5.74) is 2.98. The Morgan fingerprint density at radius 2 is 1.73 bits per heavy atom. The molecule has 0 fully saturated rings. The van der Waals surface area contributed by atoms with Gasteiger partial charge in [0.1, 0.15) is 23.0 Å². The van der Waals surface area contributed by atoms with Crippen molar-refractivity contribution in [3.63, 3.8) is 0 Å². The lowest BCUT2D eigenvalue weighted by Crippen LogP contribution is -2.15. The number of hydrogen-bond acceptors (Lipinski definition) is 8. The Bertz CT molecular complexity index is 1510. The van der Waals surface area contributed by atoms with Crippen LogP contribution < -0.4 is 19.5 Å². The summed E-state index contributed by atoms with van der Waals surface area (Å²) in [5.74, 6) is 2.41. The van der Waals surface area contributed by atoms with Crippen LogP contribution in [0.3, 0.4) is 0 Å². The van der Waals surface area contributed by atoms with E-state index in [1.54, 1.807) is 43.4 Å². The summed E-state index contributed by atoms with van der Waals surface area (Å²) in [4.78, 5) is 16.9. The Kier molecular flexibility index (Phi) is 8.65. The van der Waals surface area contributed by atoms with E-state index in [-0.39, 0.29) is 12.3 Å². The van der Waals surface area contributed by atoms with Crippen LogP contribution in [0.4, 0.5) is 5.69 Å². The first kappa shape index (κ1) is 27.4. The molecular weight excluding hydrogens is 504 g/mol. The number of fused-ring (bicyclic) bond motifs is 1. The number of ether oxygens (including phenoxy) is 3. The van der Waals surface area contributed by atoms with Crippen LogP contribution in [0.15, 0.2) is 54.9 Å². The first-order chi connectivity index (χ1) is 17.5. The summed E-state index contributed by atoms with van der Waals surface area (Å²) in [6.07, 6.45) is 3.62. The number of carbonyl (C=O) groups is 1. The summed E-state index contributed by atoms with van der Waals surface area (Å²) >= 11 is 0. The molecule has 0 unspecified atom stereocenters. The van der Waals surface area contributed by atoms with Gasteiger partial charge in [-0.2, -0.15) is 13.5 Å². The van der Waals surface area contributed by atoms with Gasteiger partial charge in [-0.3, -0.25) is 23.6 Å². The van der Waals surface area contributed by atoms with Gasteiger partial charge in [0.05, 0.1) is 37.5 Å². The molecule has 0 saturated heterocycles. The van der Waals surface area contributed by atoms with Gasteiger partial charge in [-0.05, 0) is 31.2 Å². The monoisotopic (exact) mass is 530 g/mol. The molecule has 13 heteroatoms. The molecule has 37 heavy (non-hydrogen) atoms. The van der Waals surface area contributed by atoms with E-state index in [1.807, 2.05) is 44.3 Å². The maximum Gasteiger partial charge on any atom is 0.394 e. The van der Waals surface area contributed by atoms with E-state index in [1.165, 1.54) is 0 Å². The molecule has 0 atom stereocenters. The molecule has 0 aliphatic rings. The largest absolute Gasteiger partial charge is 0.497 e. The van der Waals surface area contributed by atoms with Crippen LogP contribution in [0, 0.1) is 6.92 Å². The number of amides is 1. The number of benzene rings is 2. The van der Waals surface area contributed by atoms with Crippen molar-refractivity contribution in [2.24, 2.45) is 7.05 Å². The minimum Gasteiger partial charge on any atom is -0.497 e. The Labute approximate surface area is 213 Å². The highest BCUT2D eigenvalue weighted by Gasteiger charge is 2.14. The van der Waals surface area contributed by atoms with Crippen molar-refractivity contribution >= 4 is 32.9 Å². The fourth-order valence-corrected chi connectivity index (χ4v) is 3.47. The molecule has 12 nitrogen and oxygen atoms in total. The van der Waals surface area contributed by atoms with Crippen LogP contribution in [0.2, 0.25) is 0 Å². The molecule has 2 aromatic heterocycles. The lowest BCUT2D eigenvalue weighted by Gasteiger charge is -2.13. The highest BCUT2D eigenvalue weighted by Crippen LogP contribution is 2.33. The lowest BCUT2D eigenvalue weighted by atomic mass is 10.1. The van der Waals surface area contributed by atoms with Gasteiger partial charge in [0.25, 0.3) is 0 Å². The predicted octanol–water partition coefficient (Wildman–Crippen LogP) is 3.61. The molecule has 3 N–H and O–H groups in total. The van der Waals surface area contributed by atoms with Gasteiger partial charge >= 0.3 is 10.4 Å². The number of methoxy groups -OCH3 is 2. The molecule has 0 aliphatic heterocycles. The van der Waals surface area contributed by atoms with Gasteiger partial charge in [-0.15, -0.1) is 0 Å². The van der Waals surface area contributed by atoms with Gasteiger partial charge in [0.15, 0.2) is 0 Å². The topological polar surface area (TPSA) is 162 Å². The molecule has 0 bridgehead atoms. The highest BCUT2D eigenvalue weighted by atomic mass is 32.3. The van der Waals surface area contributed by atoms with Crippen LogP contribution in [-0.2, 0) is 28.7 Å². The second-order valence-electron chi connectivity index (χ2n) is 7.74. The summed E-state index contributed by atoms with van der Waals surface area (Å²) in [5, 5.41) is 7.99. The van der Waals surface area contributed by atoms with E-state index in [0.717, 1.165) is 27.9 Å². The maximum atomic E-state index is 12.5. The minimum atomic E-state index is -4.67. The van der Waals surface area contributed by atoms with Crippen molar-refractivity contribution in [2.75, 3.05) is 19.5 Å². The first-order valence-electron chi connectivity index (χ1n) is 10.7. The summed E-state index contributed by atoms with van der Waals surface area (Å²) in [6.45, 7) is 1.85.